The van der Waals surface area contributed by atoms with Crippen LogP contribution in [0.3, 0.4) is 0 Å². The maximum absolute atomic E-state index is 13.5. The third-order valence-electron chi connectivity index (χ3n) is 7.68. The number of hydrogen-bond donors (Lipinski definition) is 3. The number of aliphatic hydroxyl groups excluding tert-OH is 1. The third-order valence-corrected chi connectivity index (χ3v) is 7.68. The van der Waals surface area contributed by atoms with Gasteiger partial charge in [0.2, 0.25) is 11.8 Å². The zero-order chi connectivity index (χ0) is 27.8. The highest BCUT2D eigenvalue weighted by atomic mass is 19.4. The second kappa shape index (κ2) is 8.68. The number of imide groups is 1. The zero-order valence-corrected chi connectivity index (χ0v) is 19.3. The first-order chi connectivity index (χ1) is 17.6. The van der Waals surface area contributed by atoms with E-state index in [-0.39, 0.29) is 24.7 Å². The Morgan fingerprint density at radius 1 is 0.921 bits per heavy atom. The molecule has 2 aromatic rings. The molecule has 204 valence electrons. The Labute approximate surface area is 211 Å². The largest absolute Gasteiger partial charge is 0.508 e. The molecule has 0 bridgehead atoms. The number of hydrogen-bond acceptors (Lipinski definition) is 6. The first-order valence-corrected chi connectivity index (χ1v) is 11.6. The molecule has 38 heavy (non-hydrogen) atoms. The standard InChI is InChI=1S/C25H21F6NO6/c26-24(27,28)12-5-13(25(29,30)31)7-15(6-12)32-21(35)17-8-14(10-33)23(37)18(20(17)22(32)36)9-19(38-23)11-1-3-16(34)4-2-11/h1-7,14,17-20,33-34,37H,8-10H2/t14-,17+,18+,19+,20+,23-/m1/s1. The minimum absolute atomic E-state index is 0.0256. The van der Waals surface area contributed by atoms with Gasteiger partial charge >= 0.3 is 12.4 Å². The fraction of sp³-hybridized carbons (Fsp3) is 0.440. The summed E-state index contributed by atoms with van der Waals surface area (Å²) in [4.78, 5) is 27.2. The summed E-state index contributed by atoms with van der Waals surface area (Å²) >= 11 is 0. The Morgan fingerprint density at radius 3 is 2.03 bits per heavy atom. The van der Waals surface area contributed by atoms with E-state index in [0.29, 0.717) is 22.6 Å². The highest BCUT2D eigenvalue weighted by Crippen LogP contribution is 2.58. The second-order valence-corrected chi connectivity index (χ2v) is 9.82. The van der Waals surface area contributed by atoms with Crippen molar-refractivity contribution in [1.29, 1.82) is 0 Å². The summed E-state index contributed by atoms with van der Waals surface area (Å²) in [5.41, 5.74) is -3.73. The van der Waals surface area contributed by atoms with E-state index >= 15 is 0 Å². The number of rotatable bonds is 3. The van der Waals surface area contributed by atoms with Crippen molar-refractivity contribution in [2.75, 3.05) is 11.5 Å². The van der Waals surface area contributed by atoms with Crippen LogP contribution in [0, 0.1) is 23.7 Å². The van der Waals surface area contributed by atoms with Gasteiger partial charge in [-0.05, 0) is 48.7 Å². The third kappa shape index (κ3) is 4.12. The summed E-state index contributed by atoms with van der Waals surface area (Å²) in [6.45, 7) is -0.651. The number of carbonyl (C=O) groups excluding carboxylic acids is 2. The number of ether oxygens (including phenoxy) is 1. The van der Waals surface area contributed by atoms with Crippen LogP contribution in [0.5, 0.6) is 5.75 Å². The lowest BCUT2D eigenvalue weighted by atomic mass is 9.64. The van der Waals surface area contributed by atoms with E-state index in [2.05, 4.69) is 0 Å². The summed E-state index contributed by atoms with van der Waals surface area (Å²) in [7, 11) is 0. The highest BCUT2D eigenvalue weighted by molar-refractivity contribution is 6.22. The molecule has 7 nitrogen and oxygen atoms in total. The van der Waals surface area contributed by atoms with Crippen LogP contribution in [0.1, 0.15) is 35.6 Å². The van der Waals surface area contributed by atoms with Gasteiger partial charge in [-0.2, -0.15) is 26.3 Å². The van der Waals surface area contributed by atoms with Crippen molar-refractivity contribution in [3.05, 3.63) is 59.2 Å². The van der Waals surface area contributed by atoms with Crippen molar-refractivity contribution in [1.82, 2.24) is 0 Å². The predicted molar refractivity (Wildman–Crippen MR) is 116 cm³/mol. The maximum atomic E-state index is 13.5. The van der Waals surface area contributed by atoms with Gasteiger partial charge < -0.3 is 20.1 Å². The molecule has 5 rings (SSSR count). The van der Waals surface area contributed by atoms with Gasteiger partial charge in [0, 0.05) is 11.8 Å². The first-order valence-electron chi connectivity index (χ1n) is 11.6. The van der Waals surface area contributed by atoms with Crippen molar-refractivity contribution in [2.24, 2.45) is 23.7 Å². The van der Waals surface area contributed by atoms with Crippen LogP contribution >= 0.6 is 0 Å². The van der Waals surface area contributed by atoms with E-state index in [1.165, 1.54) is 24.3 Å². The van der Waals surface area contributed by atoms with Crippen molar-refractivity contribution < 1.29 is 56.0 Å². The van der Waals surface area contributed by atoms with E-state index in [9.17, 15) is 51.3 Å². The number of aromatic hydroxyl groups is 1. The van der Waals surface area contributed by atoms with Crippen molar-refractivity contribution in [3.8, 4) is 5.75 Å². The lowest BCUT2D eigenvalue weighted by molar-refractivity contribution is -0.274. The van der Waals surface area contributed by atoms with Crippen LogP contribution in [0.4, 0.5) is 32.0 Å². The average molecular weight is 545 g/mol. The van der Waals surface area contributed by atoms with Gasteiger partial charge in [0.15, 0.2) is 5.79 Å². The fourth-order valence-corrected chi connectivity index (χ4v) is 5.91. The Bertz CT molecular complexity index is 1250. The molecule has 3 aliphatic rings. The van der Waals surface area contributed by atoms with Gasteiger partial charge in [-0.25, -0.2) is 0 Å². The van der Waals surface area contributed by atoms with E-state index in [0.717, 1.165) is 0 Å². The number of alkyl halides is 6. The molecule has 3 N–H and O–H groups in total. The molecule has 2 heterocycles. The minimum atomic E-state index is -5.19. The van der Waals surface area contributed by atoms with E-state index in [1.807, 2.05) is 0 Å². The van der Waals surface area contributed by atoms with E-state index < -0.39 is 83.2 Å². The van der Waals surface area contributed by atoms with Gasteiger partial charge in [0.1, 0.15) is 5.75 Å². The number of fused-ring (bicyclic) bond motifs is 3. The fourth-order valence-electron chi connectivity index (χ4n) is 5.91. The summed E-state index contributed by atoms with van der Waals surface area (Å²) in [5.74, 6) is -8.84. The molecule has 3 fully saturated rings. The van der Waals surface area contributed by atoms with Gasteiger partial charge in [-0.15, -0.1) is 0 Å². The van der Waals surface area contributed by atoms with Gasteiger partial charge in [0.25, 0.3) is 0 Å². The maximum Gasteiger partial charge on any atom is 0.416 e. The Morgan fingerprint density at radius 2 is 1.50 bits per heavy atom. The van der Waals surface area contributed by atoms with Gasteiger partial charge in [0.05, 0.1) is 41.4 Å². The summed E-state index contributed by atoms with van der Waals surface area (Å²) in [6, 6.07) is 6.28. The predicted octanol–water partition coefficient (Wildman–Crippen LogP) is 4.01. The smallest absolute Gasteiger partial charge is 0.416 e. The summed E-state index contributed by atoms with van der Waals surface area (Å²) < 4.78 is 86.4. The molecule has 2 amide bonds. The number of phenolic OH excluding ortho intramolecular Hbond substituents is 1. The Kier molecular flexibility index (Phi) is 6.04. The SMILES string of the molecule is O=C1[C@H]2[C@H](C[C@H](CO)[C@@]3(O)O[C@H](c4ccc(O)cc4)C[C@@H]23)C(=O)N1c1cc(C(F)(F)F)cc(C(F)(F)F)c1. The van der Waals surface area contributed by atoms with Crippen LogP contribution in [-0.2, 0) is 26.7 Å². The normalized spacial score (nSPS) is 31.5. The van der Waals surface area contributed by atoms with Crippen molar-refractivity contribution in [2.45, 2.75) is 37.1 Å². The number of anilines is 1. The van der Waals surface area contributed by atoms with Crippen LogP contribution in [0.2, 0.25) is 0 Å². The van der Waals surface area contributed by atoms with Crippen LogP contribution in [0.25, 0.3) is 0 Å². The molecule has 6 atom stereocenters. The van der Waals surface area contributed by atoms with Crippen molar-refractivity contribution >= 4 is 17.5 Å². The topological polar surface area (TPSA) is 107 Å². The minimum Gasteiger partial charge on any atom is -0.508 e. The molecule has 0 aromatic heterocycles. The van der Waals surface area contributed by atoms with Crippen LogP contribution in [-0.4, -0.2) is 39.5 Å². The lowest BCUT2D eigenvalue weighted by Crippen LogP contribution is -2.54. The molecule has 1 aliphatic carbocycles. The molecular formula is C25H21F6NO6. The number of nitrogens with zero attached hydrogens (tertiary/aromatic N) is 1. The van der Waals surface area contributed by atoms with Crippen LogP contribution < -0.4 is 4.90 Å². The summed E-state index contributed by atoms with van der Waals surface area (Å²) in [5, 5.41) is 31.0. The molecule has 0 radical (unpaired) electrons. The van der Waals surface area contributed by atoms with E-state index in [1.54, 1.807) is 0 Å². The number of aliphatic hydroxyl groups is 2. The summed E-state index contributed by atoms with van der Waals surface area (Å²) in [6.07, 6.45) is -11.5. The molecule has 1 saturated carbocycles. The Hall–Kier alpha value is -3.16. The molecule has 2 aromatic carbocycles. The van der Waals surface area contributed by atoms with Gasteiger partial charge in [-0.1, -0.05) is 12.1 Å². The zero-order valence-electron chi connectivity index (χ0n) is 19.3. The lowest BCUT2D eigenvalue weighted by Gasteiger charge is -2.44. The number of carbonyl (C=O) groups is 2. The second-order valence-electron chi connectivity index (χ2n) is 9.82. The number of amides is 2. The monoisotopic (exact) mass is 545 g/mol. The van der Waals surface area contributed by atoms with E-state index in [4.69, 9.17) is 4.74 Å². The average Bonchev–Trinajstić information content (AvgIpc) is 3.31. The molecule has 0 spiro atoms. The molecule has 13 heteroatoms. The van der Waals surface area contributed by atoms with Gasteiger partial charge in [-0.3, -0.25) is 14.5 Å². The quantitative estimate of drug-likeness (QED) is 0.398. The van der Waals surface area contributed by atoms with Crippen LogP contribution in [0.15, 0.2) is 42.5 Å². The number of phenols is 1. The Balaban J connectivity index is 1.56. The molecule has 2 saturated heterocycles. The molecular weight excluding hydrogens is 524 g/mol. The van der Waals surface area contributed by atoms with Crippen molar-refractivity contribution in [3.63, 3.8) is 0 Å². The highest BCUT2D eigenvalue weighted by Gasteiger charge is 2.67. The first kappa shape index (κ1) is 26.4. The molecule has 0 unspecified atom stereocenters. The number of halogens is 6. The number of benzene rings is 2. The molecule has 2 aliphatic heterocycles.